The molecule has 0 aromatic heterocycles. The summed E-state index contributed by atoms with van der Waals surface area (Å²) in [5.41, 5.74) is 6.64. The van der Waals surface area contributed by atoms with Crippen LogP contribution in [-0.4, -0.2) is 29.9 Å². The van der Waals surface area contributed by atoms with Gasteiger partial charge in [-0.15, -0.1) is 0 Å². The molecule has 1 fully saturated rings. The van der Waals surface area contributed by atoms with E-state index in [1.54, 1.807) is 6.08 Å². The van der Waals surface area contributed by atoms with Crippen LogP contribution in [0.15, 0.2) is 48.2 Å². The standard InChI is InChI=1S/C17H17N3O2/c18-9-4-10-20-16(21)15(19-17(20)22)11-13-7-3-6-12-5-1-2-8-14(12)13/h1-3,5-8,11H,4,9-10,18H2,(H,19,22). The summed E-state index contributed by atoms with van der Waals surface area (Å²) in [6, 6.07) is 13.4. The Morgan fingerprint density at radius 2 is 1.86 bits per heavy atom. The minimum Gasteiger partial charge on any atom is -0.330 e. The van der Waals surface area contributed by atoms with Crippen LogP contribution >= 0.6 is 0 Å². The molecule has 0 radical (unpaired) electrons. The lowest BCUT2D eigenvalue weighted by atomic mass is 10.0. The van der Waals surface area contributed by atoms with Crippen LogP contribution in [0.1, 0.15) is 12.0 Å². The molecule has 2 aromatic carbocycles. The van der Waals surface area contributed by atoms with Crippen LogP contribution in [0.5, 0.6) is 0 Å². The molecule has 1 aliphatic rings. The molecule has 3 rings (SSSR count). The maximum Gasteiger partial charge on any atom is 0.329 e. The number of nitrogens with two attached hydrogens (primary N) is 1. The lowest BCUT2D eigenvalue weighted by molar-refractivity contribution is -0.122. The highest BCUT2D eigenvalue weighted by atomic mass is 16.2. The third-order valence-electron chi connectivity index (χ3n) is 3.67. The van der Waals surface area contributed by atoms with Gasteiger partial charge in [0, 0.05) is 6.54 Å². The van der Waals surface area contributed by atoms with Gasteiger partial charge in [-0.1, -0.05) is 42.5 Å². The van der Waals surface area contributed by atoms with Gasteiger partial charge in [-0.05, 0) is 35.4 Å². The first kappa shape index (κ1) is 14.3. The molecule has 0 aliphatic carbocycles. The number of urea groups is 1. The molecule has 1 aliphatic heterocycles. The second kappa shape index (κ2) is 5.99. The van der Waals surface area contributed by atoms with Crippen molar-refractivity contribution >= 4 is 28.8 Å². The largest absolute Gasteiger partial charge is 0.330 e. The van der Waals surface area contributed by atoms with Gasteiger partial charge in [0.2, 0.25) is 0 Å². The van der Waals surface area contributed by atoms with Crippen LogP contribution in [0.3, 0.4) is 0 Å². The summed E-state index contributed by atoms with van der Waals surface area (Å²) in [4.78, 5) is 25.4. The molecule has 0 unspecified atom stereocenters. The molecule has 0 spiro atoms. The molecular formula is C17H17N3O2. The summed E-state index contributed by atoms with van der Waals surface area (Å²) < 4.78 is 0. The summed E-state index contributed by atoms with van der Waals surface area (Å²) in [6.45, 7) is 0.785. The zero-order chi connectivity index (χ0) is 15.5. The van der Waals surface area contributed by atoms with Gasteiger partial charge >= 0.3 is 6.03 Å². The summed E-state index contributed by atoms with van der Waals surface area (Å²) in [5.74, 6) is -0.300. The van der Waals surface area contributed by atoms with Gasteiger partial charge in [-0.25, -0.2) is 4.79 Å². The van der Waals surface area contributed by atoms with E-state index in [-0.39, 0.29) is 11.9 Å². The summed E-state index contributed by atoms with van der Waals surface area (Å²) >= 11 is 0. The Balaban J connectivity index is 1.95. The number of carbonyl (C=O) groups is 2. The van der Waals surface area contributed by atoms with Crippen molar-refractivity contribution in [2.45, 2.75) is 6.42 Å². The molecule has 5 heteroatoms. The Bertz CT molecular complexity index is 762. The molecule has 3 amide bonds. The first-order chi connectivity index (χ1) is 10.7. The molecular weight excluding hydrogens is 278 g/mol. The van der Waals surface area contributed by atoms with E-state index in [0.717, 1.165) is 16.3 Å². The van der Waals surface area contributed by atoms with Crippen molar-refractivity contribution in [3.8, 4) is 0 Å². The predicted molar refractivity (Wildman–Crippen MR) is 85.8 cm³/mol. The molecule has 1 heterocycles. The number of rotatable bonds is 4. The van der Waals surface area contributed by atoms with E-state index in [2.05, 4.69) is 5.32 Å². The Morgan fingerprint density at radius 3 is 2.68 bits per heavy atom. The van der Waals surface area contributed by atoms with E-state index in [4.69, 9.17) is 5.73 Å². The van der Waals surface area contributed by atoms with Crippen molar-refractivity contribution in [1.82, 2.24) is 10.2 Å². The zero-order valence-corrected chi connectivity index (χ0v) is 12.1. The van der Waals surface area contributed by atoms with Gasteiger partial charge in [0.15, 0.2) is 0 Å². The monoisotopic (exact) mass is 295 g/mol. The Labute approximate surface area is 128 Å². The fraction of sp³-hybridized carbons (Fsp3) is 0.176. The second-order valence-electron chi connectivity index (χ2n) is 5.16. The van der Waals surface area contributed by atoms with Crippen LogP contribution in [0.4, 0.5) is 4.79 Å². The highest BCUT2D eigenvalue weighted by Gasteiger charge is 2.32. The summed E-state index contributed by atoms with van der Waals surface area (Å²) in [6.07, 6.45) is 2.33. The Morgan fingerprint density at radius 1 is 1.09 bits per heavy atom. The maximum atomic E-state index is 12.3. The normalized spacial score (nSPS) is 16.6. The third kappa shape index (κ3) is 2.58. The van der Waals surface area contributed by atoms with Crippen molar-refractivity contribution in [3.05, 3.63) is 53.7 Å². The quantitative estimate of drug-likeness (QED) is 0.670. The van der Waals surface area contributed by atoms with Crippen molar-refractivity contribution in [1.29, 1.82) is 0 Å². The first-order valence-electron chi connectivity index (χ1n) is 7.23. The molecule has 2 aromatic rings. The van der Waals surface area contributed by atoms with Crippen molar-refractivity contribution in [3.63, 3.8) is 0 Å². The highest BCUT2D eigenvalue weighted by molar-refractivity contribution is 6.14. The third-order valence-corrected chi connectivity index (χ3v) is 3.67. The number of amides is 3. The number of nitrogens with zero attached hydrogens (tertiary/aromatic N) is 1. The van der Waals surface area contributed by atoms with Crippen molar-refractivity contribution < 1.29 is 9.59 Å². The second-order valence-corrected chi connectivity index (χ2v) is 5.16. The van der Waals surface area contributed by atoms with E-state index in [0.29, 0.717) is 25.2 Å². The fourth-order valence-corrected chi connectivity index (χ4v) is 2.56. The van der Waals surface area contributed by atoms with Crippen LogP contribution in [0, 0.1) is 0 Å². The van der Waals surface area contributed by atoms with E-state index in [1.165, 1.54) is 4.90 Å². The van der Waals surface area contributed by atoms with Crippen molar-refractivity contribution in [2.75, 3.05) is 13.1 Å². The topological polar surface area (TPSA) is 75.4 Å². The summed E-state index contributed by atoms with van der Waals surface area (Å²) in [5, 5.41) is 4.77. The fourth-order valence-electron chi connectivity index (χ4n) is 2.56. The number of benzene rings is 2. The average Bonchev–Trinajstić information content (AvgIpc) is 2.80. The van der Waals surface area contributed by atoms with E-state index in [9.17, 15) is 9.59 Å². The Kier molecular flexibility index (Phi) is 3.89. The minimum atomic E-state index is -0.384. The Hall–Kier alpha value is -2.66. The zero-order valence-electron chi connectivity index (χ0n) is 12.1. The molecule has 5 nitrogen and oxygen atoms in total. The predicted octanol–water partition coefficient (Wildman–Crippen LogP) is 2.08. The highest BCUT2D eigenvalue weighted by Crippen LogP contribution is 2.22. The number of hydrogen-bond acceptors (Lipinski definition) is 3. The van der Waals surface area contributed by atoms with Crippen molar-refractivity contribution in [2.24, 2.45) is 5.73 Å². The number of nitrogens with one attached hydrogen (secondary N) is 1. The van der Waals surface area contributed by atoms with E-state index < -0.39 is 0 Å². The van der Waals surface area contributed by atoms with Gasteiger partial charge in [-0.2, -0.15) is 0 Å². The first-order valence-corrected chi connectivity index (χ1v) is 7.23. The SMILES string of the molecule is NCCCN1C(=O)NC(=Cc2cccc3ccccc23)C1=O. The molecule has 22 heavy (non-hydrogen) atoms. The van der Waals surface area contributed by atoms with Gasteiger partial charge < -0.3 is 11.1 Å². The number of fused-ring (bicyclic) bond motifs is 1. The average molecular weight is 295 g/mol. The lowest BCUT2D eigenvalue weighted by Gasteiger charge is -2.09. The number of hydrogen-bond donors (Lipinski definition) is 2. The minimum absolute atomic E-state index is 0.300. The molecule has 1 saturated heterocycles. The number of imide groups is 1. The van der Waals surface area contributed by atoms with Crippen LogP contribution in [0.25, 0.3) is 16.8 Å². The lowest BCUT2D eigenvalue weighted by Crippen LogP contribution is -2.32. The van der Waals surface area contributed by atoms with Gasteiger partial charge in [-0.3, -0.25) is 9.69 Å². The van der Waals surface area contributed by atoms with E-state index in [1.807, 2.05) is 42.5 Å². The summed E-state index contributed by atoms with van der Waals surface area (Å²) in [7, 11) is 0. The van der Waals surface area contributed by atoms with Gasteiger partial charge in [0.05, 0.1) is 0 Å². The molecule has 0 saturated carbocycles. The molecule has 0 bridgehead atoms. The van der Waals surface area contributed by atoms with E-state index >= 15 is 0 Å². The van der Waals surface area contributed by atoms with Gasteiger partial charge in [0.25, 0.3) is 5.91 Å². The number of carbonyl (C=O) groups excluding carboxylic acids is 2. The maximum absolute atomic E-state index is 12.3. The smallest absolute Gasteiger partial charge is 0.329 e. The van der Waals surface area contributed by atoms with Crippen LogP contribution in [-0.2, 0) is 4.79 Å². The molecule has 3 N–H and O–H groups in total. The molecule has 0 atom stereocenters. The molecule has 112 valence electrons. The van der Waals surface area contributed by atoms with Crippen LogP contribution in [0.2, 0.25) is 0 Å². The van der Waals surface area contributed by atoms with Crippen LogP contribution < -0.4 is 11.1 Å². The van der Waals surface area contributed by atoms with Gasteiger partial charge in [0.1, 0.15) is 5.70 Å².